The highest BCUT2D eigenvalue weighted by Crippen LogP contribution is 2.16. The first-order valence-electron chi connectivity index (χ1n) is 6.55. The lowest BCUT2D eigenvalue weighted by molar-refractivity contribution is 0.0913. The van der Waals surface area contributed by atoms with E-state index in [-0.39, 0.29) is 17.6 Å². The molecule has 0 bridgehead atoms. The largest absolute Gasteiger partial charge is 0.491 e. The smallest absolute Gasteiger partial charge is 0.251 e. The minimum absolute atomic E-state index is 0.0557. The highest BCUT2D eigenvalue weighted by Gasteiger charge is 2.23. The molecular weight excluding hydrogens is 306 g/mol. The number of hydrogen-bond acceptors (Lipinski definition) is 2. The molecular formula is C15H22BrNO2. The lowest BCUT2D eigenvalue weighted by Crippen LogP contribution is -2.46. The minimum Gasteiger partial charge on any atom is -0.491 e. The van der Waals surface area contributed by atoms with Gasteiger partial charge in [-0.25, -0.2) is 0 Å². The van der Waals surface area contributed by atoms with Crippen molar-refractivity contribution in [3.8, 4) is 5.75 Å². The molecule has 0 saturated carbocycles. The Morgan fingerprint density at radius 3 is 2.37 bits per heavy atom. The number of hydrogen-bond donors (Lipinski definition) is 1. The molecule has 1 aromatic carbocycles. The first kappa shape index (κ1) is 16.0. The standard InChI is InChI=1S/C15H22BrNO2/c1-5-15(4,10-16)17-14(18)12-6-8-13(9-7-12)19-11(2)3/h6-9,11H,5,10H2,1-4H3,(H,17,18). The van der Waals surface area contributed by atoms with Gasteiger partial charge in [0.05, 0.1) is 6.10 Å². The average Bonchev–Trinajstić information content (AvgIpc) is 2.38. The SMILES string of the molecule is CCC(C)(CBr)NC(=O)c1ccc(OC(C)C)cc1. The summed E-state index contributed by atoms with van der Waals surface area (Å²) in [5.74, 6) is 0.727. The molecule has 0 radical (unpaired) electrons. The zero-order valence-corrected chi connectivity index (χ0v) is 13.6. The molecule has 0 aliphatic rings. The highest BCUT2D eigenvalue weighted by atomic mass is 79.9. The summed E-state index contributed by atoms with van der Waals surface area (Å²) in [6.07, 6.45) is 1.01. The number of benzene rings is 1. The van der Waals surface area contributed by atoms with Crippen LogP contribution in [0.4, 0.5) is 0 Å². The third kappa shape index (κ3) is 4.86. The van der Waals surface area contributed by atoms with Gasteiger partial charge in [0.25, 0.3) is 5.91 Å². The molecule has 1 aromatic rings. The molecule has 0 aliphatic heterocycles. The second kappa shape index (κ2) is 6.94. The Kier molecular flexibility index (Phi) is 5.85. The van der Waals surface area contributed by atoms with Gasteiger partial charge >= 0.3 is 0 Å². The van der Waals surface area contributed by atoms with Gasteiger partial charge in [0.1, 0.15) is 5.75 Å². The fraction of sp³-hybridized carbons (Fsp3) is 0.533. The maximum atomic E-state index is 12.1. The summed E-state index contributed by atoms with van der Waals surface area (Å²) >= 11 is 3.44. The second-order valence-corrected chi connectivity index (χ2v) is 5.75. The average molecular weight is 328 g/mol. The molecule has 0 aliphatic carbocycles. The van der Waals surface area contributed by atoms with E-state index in [2.05, 4.69) is 28.2 Å². The van der Waals surface area contributed by atoms with Gasteiger partial charge in [-0.05, 0) is 51.5 Å². The van der Waals surface area contributed by atoms with Crippen LogP contribution in [0.15, 0.2) is 24.3 Å². The zero-order valence-electron chi connectivity index (χ0n) is 12.0. The number of halogens is 1. The molecule has 0 aromatic heterocycles. The van der Waals surface area contributed by atoms with E-state index >= 15 is 0 Å². The normalized spacial score (nSPS) is 14.0. The van der Waals surface area contributed by atoms with Crippen molar-refractivity contribution < 1.29 is 9.53 Å². The van der Waals surface area contributed by atoms with Crippen molar-refractivity contribution in [2.75, 3.05) is 5.33 Å². The van der Waals surface area contributed by atoms with Crippen LogP contribution in [0.2, 0.25) is 0 Å². The van der Waals surface area contributed by atoms with Gasteiger partial charge in [-0.3, -0.25) is 4.79 Å². The van der Waals surface area contributed by atoms with Crippen LogP contribution in [0, 0.1) is 0 Å². The summed E-state index contributed by atoms with van der Waals surface area (Å²) in [6, 6.07) is 7.23. The van der Waals surface area contributed by atoms with Crippen LogP contribution in [-0.2, 0) is 0 Å². The number of amides is 1. The summed E-state index contributed by atoms with van der Waals surface area (Å²) in [5.41, 5.74) is 0.432. The maximum absolute atomic E-state index is 12.1. The van der Waals surface area contributed by atoms with Gasteiger partial charge in [0.2, 0.25) is 0 Å². The topological polar surface area (TPSA) is 38.3 Å². The van der Waals surface area contributed by atoms with Gasteiger partial charge in [0.15, 0.2) is 0 Å². The van der Waals surface area contributed by atoms with E-state index in [1.165, 1.54) is 0 Å². The number of alkyl halides is 1. The van der Waals surface area contributed by atoms with Gasteiger partial charge in [-0.2, -0.15) is 0 Å². The predicted octanol–water partition coefficient (Wildman–Crippen LogP) is 3.77. The van der Waals surface area contributed by atoms with E-state index in [4.69, 9.17) is 4.74 Å². The second-order valence-electron chi connectivity index (χ2n) is 5.19. The van der Waals surface area contributed by atoms with Crippen LogP contribution in [0.5, 0.6) is 5.75 Å². The zero-order chi connectivity index (χ0) is 14.5. The van der Waals surface area contributed by atoms with Crippen molar-refractivity contribution in [1.29, 1.82) is 0 Å². The molecule has 0 fully saturated rings. The molecule has 19 heavy (non-hydrogen) atoms. The van der Waals surface area contributed by atoms with E-state index in [0.717, 1.165) is 17.5 Å². The van der Waals surface area contributed by atoms with E-state index in [1.807, 2.05) is 32.9 Å². The van der Waals surface area contributed by atoms with Crippen LogP contribution >= 0.6 is 15.9 Å². The Morgan fingerprint density at radius 1 is 1.37 bits per heavy atom. The van der Waals surface area contributed by atoms with E-state index in [1.54, 1.807) is 12.1 Å². The molecule has 1 N–H and O–H groups in total. The van der Waals surface area contributed by atoms with Crippen LogP contribution in [0.3, 0.4) is 0 Å². The number of carbonyl (C=O) groups excluding carboxylic acids is 1. The number of ether oxygens (including phenoxy) is 1. The Balaban J connectivity index is 2.73. The molecule has 1 rings (SSSR count). The van der Waals surface area contributed by atoms with Crippen LogP contribution in [-0.4, -0.2) is 22.9 Å². The molecule has 106 valence electrons. The van der Waals surface area contributed by atoms with E-state index in [9.17, 15) is 4.79 Å². The van der Waals surface area contributed by atoms with Crippen molar-refractivity contribution in [2.45, 2.75) is 45.8 Å². The lowest BCUT2D eigenvalue weighted by Gasteiger charge is -2.27. The summed E-state index contributed by atoms with van der Waals surface area (Å²) in [4.78, 5) is 12.1. The van der Waals surface area contributed by atoms with Gasteiger partial charge in [-0.15, -0.1) is 0 Å². The molecule has 3 nitrogen and oxygen atoms in total. The summed E-state index contributed by atoms with van der Waals surface area (Å²) in [5, 5.41) is 3.78. The molecule has 0 heterocycles. The Hall–Kier alpha value is -1.03. The molecule has 1 amide bonds. The van der Waals surface area contributed by atoms with Crippen LogP contribution in [0.1, 0.15) is 44.5 Å². The third-order valence-electron chi connectivity index (χ3n) is 2.98. The van der Waals surface area contributed by atoms with Crippen molar-refractivity contribution in [2.24, 2.45) is 0 Å². The van der Waals surface area contributed by atoms with Crippen molar-refractivity contribution in [1.82, 2.24) is 5.32 Å². The fourth-order valence-electron chi connectivity index (χ4n) is 1.52. The highest BCUT2D eigenvalue weighted by molar-refractivity contribution is 9.09. The summed E-state index contributed by atoms with van der Waals surface area (Å²) in [7, 11) is 0. The van der Waals surface area contributed by atoms with Crippen molar-refractivity contribution >= 4 is 21.8 Å². The molecule has 4 heteroatoms. The first-order chi connectivity index (χ1) is 8.90. The van der Waals surface area contributed by atoms with Crippen molar-refractivity contribution in [3.05, 3.63) is 29.8 Å². The molecule has 1 atom stereocenters. The van der Waals surface area contributed by atoms with Gasteiger partial charge in [0, 0.05) is 16.4 Å². The lowest BCUT2D eigenvalue weighted by atomic mass is 10.0. The van der Waals surface area contributed by atoms with Crippen molar-refractivity contribution in [3.63, 3.8) is 0 Å². The summed E-state index contributed by atoms with van der Waals surface area (Å²) in [6.45, 7) is 8.03. The Morgan fingerprint density at radius 2 is 1.95 bits per heavy atom. The van der Waals surface area contributed by atoms with E-state index in [0.29, 0.717) is 5.56 Å². The quantitative estimate of drug-likeness (QED) is 0.808. The number of rotatable bonds is 6. The summed E-state index contributed by atoms with van der Waals surface area (Å²) < 4.78 is 5.55. The number of nitrogens with one attached hydrogen (secondary N) is 1. The Bertz CT molecular complexity index is 411. The first-order valence-corrected chi connectivity index (χ1v) is 7.67. The van der Waals surface area contributed by atoms with E-state index < -0.39 is 0 Å². The van der Waals surface area contributed by atoms with Crippen LogP contribution in [0.25, 0.3) is 0 Å². The molecule has 0 spiro atoms. The molecule has 0 saturated heterocycles. The fourth-order valence-corrected chi connectivity index (χ4v) is 2.06. The van der Waals surface area contributed by atoms with Crippen LogP contribution < -0.4 is 10.1 Å². The minimum atomic E-state index is -0.218. The Labute approximate surface area is 123 Å². The molecule has 1 unspecified atom stereocenters. The third-order valence-corrected chi connectivity index (χ3v) is 4.22. The number of carbonyl (C=O) groups is 1. The maximum Gasteiger partial charge on any atom is 0.251 e. The monoisotopic (exact) mass is 327 g/mol. The predicted molar refractivity (Wildman–Crippen MR) is 82.2 cm³/mol. The van der Waals surface area contributed by atoms with Gasteiger partial charge < -0.3 is 10.1 Å². The van der Waals surface area contributed by atoms with Gasteiger partial charge in [-0.1, -0.05) is 22.9 Å².